The molecule has 14 rings (SSSR count). The van der Waals surface area contributed by atoms with Gasteiger partial charge in [0, 0.05) is 32.7 Å². The van der Waals surface area contributed by atoms with Crippen molar-refractivity contribution in [3.05, 3.63) is 293 Å². The molecule has 3 heterocycles. The van der Waals surface area contributed by atoms with E-state index < -0.39 is 52.4 Å². The van der Waals surface area contributed by atoms with Crippen LogP contribution in [-0.2, 0) is 30.1 Å². The zero-order valence-corrected chi connectivity index (χ0v) is 45.4. The lowest BCUT2D eigenvalue weighted by atomic mass is 9.62. The normalized spacial score (nSPS) is 13.5. The van der Waals surface area contributed by atoms with Crippen LogP contribution < -0.4 is 4.90 Å². The number of fused-ring (bicyclic) bond motifs is 8. The first kappa shape index (κ1) is 55.3. The summed E-state index contributed by atoms with van der Waals surface area (Å²) in [5.41, 5.74) is -1.57. The Balaban J connectivity index is 1.31. The van der Waals surface area contributed by atoms with Gasteiger partial charge in [0.05, 0.1) is 83.7 Å². The minimum Gasteiger partial charge on any atom is -0.306 e. The number of benzene rings is 11. The van der Waals surface area contributed by atoms with Crippen molar-refractivity contribution < 1.29 is 52.7 Å². The van der Waals surface area contributed by atoms with Gasteiger partial charge in [-0.3, -0.25) is 0 Å². The van der Waals surface area contributed by atoms with Crippen LogP contribution >= 0.6 is 0 Å². The van der Waals surface area contributed by atoms with Crippen LogP contribution in [0.4, 0.5) is 69.7 Å². The summed E-state index contributed by atoms with van der Waals surface area (Å²) in [5, 5.41) is 11.2. The van der Waals surface area contributed by atoms with Crippen LogP contribution in [0.3, 0.4) is 0 Å². The van der Waals surface area contributed by atoms with Gasteiger partial charge in [0.1, 0.15) is 6.07 Å². The van der Waals surface area contributed by atoms with Crippen LogP contribution in [0.5, 0.6) is 0 Å². The number of hydrogen-bond acceptors (Lipinski definition) is 2. The molecular weight excluding hydrogens is 1150 g/mol. The number of halogens is 12. The molecule has 0 saturated heterocycles. The molecule has 0 spiro atoms. The number of para-hydroxylation sites is 2. The molecule has 1 aliphatic heterocycles. The van der Waals surface area contributed by atoms with Crippen LogP contribution in [0, 0.1) is 11.3 Å². The van der Waals surface area contributed by atoms with E-state index in [4.69, 9.17) is 0 Å². The Kier molecular flexibility index (Phi) is 12.6. The summed E-state index contributed by atoms with van der Waals surface area (Å²) in [7, 11) is 0. The third-order valence-corrected chi connectivity index (χ3v) is 16.7. The van der Waals surface area contributed by atoms with E-state index in [9.17, 15) is 5.26 Å². The van der Waals surface area contributed by atoms with Crippen LogP contribution in [0.15, 0.2) is 243 Å². The molecule has 0 amide bonds. The van der Waals surface area contributed by atoms with Crippen molar-refractivity contribution >= 4 is 60.7 Å². The third-order valence-electron chi connectivity index (χ3n) is 16.7. The minimum atomic E-state index is -5.00. The molecule has 0 aliphatic carbocycles. The standard InChI is InChI=1S/C72H40F12N4/c73-69(74,75)46-29-33-57-50(37-46)51-38-47(70(76,77)78)30-34-58(51)86(57)65-63(42-17-5-1-6-18-42)54(41-85)64(43-19-7-2-8-20-43)66(87-59-35-31-48(71(79,80)81)39-52(59)53-40-49(72(82,83)84)32-36-60(53)87)67(65)88-61-27-15-13-25-55(61)68(44-21-9-3-10-22-44,45-23-11-4-12-24-45)56-26-14-16-28-62(56)88/h1-40H. The van der Waals surface area contributed by atoms with Gasteiger partial charge in [-0.2, -0.15) is 57.9 Å². The zero-order valence-electron chi connectivity index (χ0n) is 45.4. The minimum absolute atomic E-state index is 0.0118. The molecule has 1 aliphatic rings. The van der Waals surface area contributed by atoms with Gasteiger partial charge in [0.15, 0.2) is 0 Å². The highest BCUT2D eigenvalue weighted by Gasteiger charge is 2.49. The van der Waals surface area contributed by atoms with E-state index in [1.165, 1.54) is 9.13 Å². The first-order valence-electron chi connectivity index (χ1n) is 27.5. The molecular formula is C72H40F12N4. The summed E-state index contributed by atoms with van der Waals surface area (Å²) in [6.07, 6.45) is -20.0. The summed E-state index contributed by atoms with van der Waals surface area (Å²) in [4.78, 5) is 1.89. The van der Waals surface area contributed by atoms with Crippen LogP contribution in [0.25, 0.3) is 77.2 Å². The molecule has 2 aromatic heterocycles. The topological polar surface area (TPSA) is 36.9 Å². The molecule has 88 heavy (non-hydrogen) atoms. The van der Waals surface area contributed by atoms with E-state index in [-0.39, 0.29) is 77.4 Å². The number of alkyl halides is 12. The second-order valence-corrected chi connectivity index (χ2v) is 21.5. The van der Waals surface area contributed by atoms with Crippen LogP contribution in [0.2, 0.25) is 0 Å². The molecule has 4 nitrogen and oxygen atoms in total. The first-order valence-corrected chi connectivity index (χ1v) is 27.5. The van der Waals surface area contributed by atoms with Crippen LogP contribution in [0.1, 0.15) is 50.1 Å². The van der Waals surface area contributed by atoms with E-state index in [0.29, 0.717) is 33.6 Å². The summed E-state index contributed by atoms with van der Waals surface area (Å²) < 4.78 is 184. The van der Waals surface area contributed by atoms with E-state index in [1.807, 2.05) is 102 Å². The highest BCUT2D eigenvalue weighted by Crippen LogP contribution is 2.62. The maximum absolute atomic E-state index is 15.1. The Morgan fingerprint density at radius 2 is 0.602 bits per heavy atom. The van der Waals surface area contributed by atoms with Crippen LogP contribution in [-0.4, -0.2) is 9.13 Å². The van der Waals surface area contributed by atoms with Crippen molar-refractivity contribution in [1.82, 2.24) is 9.13 Å². The molecule has 0 bridgehead atoms. The third kappa shape index (κ3) is 8.53. The Hall–Kier alpha value is -10.5. The Bertz CT molecular complexity index is 4530. The first-order chi connectivity index (χ1) is 42.2. The molecule has 0 N–H and O–H groups in total. The summed E-state index contributed by atoms with van der Waals surface area (Å²) >= 11 is 0. The van der Waals surface area contributed by atoms with Gasteiger partial charge in [0.25, 0.3) is 0 Å². The lowest BCUT2D eigenvalue weighted by Gasteiger charge is -2.47. The molecule has 0 fully saturated rings. The molecule has 432 valence electrons. The molecule has 16 heteroatoms. The Morgan fingerprint density at radius 1 is 0.318 bits per heavy atom. The van der Waals surface area contributed by atoms with Gasteiger partial charge in [-0.15, -0.1) is 0 Å². The highest BCUT2D eigenvalue weighted by atomic mass is 19.4. The average molecular weight is 1190 g/mol. The molecule has 0 radical (unpaired) electrons. The SMILES string of the molecule is N#Cc1c(-c2ccccc2)c(-n2c3ccc(C(F)(F)F)cc3c3cc(C(F)(F)F)ccc32)c(N2c3ccccc3C(c3ccccc3)(c3ccccc3)c3ccccc32)c(-n2c3ccc(C(F)(F)F)cc3c3cc(C(F)(F)F)ccc32)c1-c1ccccc1. The molecule has 0 atom stereocenters. The summed E-state index contributed by atoms with van der Waals surface area (Å²) in [6, 6.07) is 64.4. The number of aromatic nitrogens is 2. The van der Waals surface area contributed by atoms with E-state index in [0.717, 1.165) is 83.9 Å². The van der Waals surface area contributed by atoms with Crippen molar-refractivity contribution in [3.8, 4) is 39.7 Å². The average Bonchev–Trinajstić information content (AvgIpc) is 1.03. The van der Waals surface area contributed by atoms with Crippen molar-refractivity contribution in [2.75, 3.05) is 4.90 Å². The maximum Gasteiger partial charge on any atom is 0.416 e. The van der Waals surface area contributed by atoms with Crippen molar-refractivity contribution in [1.29, 1.82) is 5.26 Å². The van der Waals surface area contributed by atoms with Gasteiger partial charge >= 0.3 is 24.7 Å². The van der Waals surface area contributed by atoms with E-state index in [1.54, 1.807) is 72.8 Å². The monoisotopic (exact) mass is 1190 g/mol. The zero-order chi connectivity index (χ0) is 61.2. The van der Waals surface area contributed by atoms with Crippen molar-refractivity contribution in [2.45, 2.75) is 30.1 Å². The van der Waals surface area contributed by atoms with Gasteiger partial charge in [-0.1, -0.05) is 158 Å². The number of anilines is 3. The molecule has 11 aromatic carbocycles. The fourth-order valence-electron chi connectivity index (χ4n) is 13.1. The predicted octanol–water partition coefficient (Wildman–Crippen LogP) is 21.3. The largest absolute Gasteiger partial charge is 0.416 e. The lowest BCUT2D eigenvalue weighted by Crippen LogP contribution is -2.38. The van der Waals surface area contributed by atoms with Gasteiger partial charge in [-0.25, -0.2) is 0 Å². The molecule has 0 unspecified atom stereocenters. The smallest absolute Gasteiger partial charge is 0.306 e. The summed E-state index contributed by atoms with van der Waals surface area (Å²) in [6.45, 7) is 0. The number of hydrogen-bond donors (Lipinski definition) is 0. The fourth-order valence-corrected chi connectivity index (χ4v) is 13.1. The maximum atomic E-state index is 15.1. The Morgan fingerprint density at radius 3 is 0.898 bits per heavy atom. The molecule has 0 saturated carbocycles. The lowest BCUT2D eigenvalue weighted by molar-refractivity contribution is -0.138. The van der Waals surface area contributed by atoms with E-state index >= 15 is 52.7 Å². The van der Waals surface area contributed by atoms with Gasteiger partial charge in [-0.05, 0) is 118 Å². The predicted molar refractivity (Wildman–Crippen MR) is 317 cm³/mol. The second-order valence-electron chi connectivity index (χ2n) is 21.5. The fraction of sp³-hybridized carbons (Fsp3) is 0.0694. The van der Waals surface area contributed by atoms with Crippen molar-refractivity contribution in [3.63, 3.8) is 0 Å². The Labute approximate surface area is 493 Å². The van der Waals surface area contributed by atoms with Gasteiger partial charge < -0.3 is 14.0 Å². The second kappa shape index (κ2) is 20.0. The number of nitriles is 1. The summed E-state index contributed by atoms with van der Waals surface area (Å²) in [5.74, 6) is 0. The molecule has 13 aromatic rings. The quantitative estimate of drug-likeness (QED) is 0.149. The van der Waals surface area contributed by atoms with Gasteiger partial charge in [0.2, 0.25) is 0 Å². The number of rotatable bonds is 7. The number of nitrogens with zero attached hydrogens (tertiary/aromatic N) is 4. The van der Waals surface area contributed by atoms with Crippen molar-refractivity contribution in [2.24, 2.45) is 0 Å². The van der Waals surface area contributed by atoms with E-state index in [2.05, 4.69) is 6.07 Å². The highest BCUT2D eigenvalue weighted by molar-refractivity contribution is 6.16.